The second-order valence-electron chi connectivity index (χ2n) is 3.72. The van der Waals surface area contributed by atoms with Crippen LogP contribution in [0.15, 0.2) is 24.4 Å². The maximum atomic E-state index is 13.4. The fourth-order valence-corrected chi connectivity index (χ4v) is 1.48. The van der Waals surface area contributed by atoms with Crippen molar-refractivity contribution in [1.29, 1.82) is 0 Å². The predicted octanol–water partition coefficient (Wildman–Crippen LogP) is 2.43. The highest BCUT2D eigenvalue weighted by molar-refractivity contribution is 5.64. The first kappa shape index (κ1) is 11.6. The average molecular weight is 208 g/mol. The van der Waals surface area contributed by atoms with Crippen molar-refractivity contribution >= 4 is 5.70 Å². The second kappa shape index (κ2) is 4.82. The normalized spacial score (nSPS) is 11.9. The highest BCUT2D eigenvalue weighted by Crippen LogP contribution is 2.22. The van der Waals surface area contributed by atoms with Crippen molar-refractivity contribution in [1.82, 2.24) is 5.32 Å². The van der Waals surface area contributed by atoms with Gasteiger partial charge in [-0.05, 0) is 35.2 Å². The Morgan fingerprint density at radius 3 is 2.60 bits per heavy atom. The molecule has 1 aromatic carbocycles. The molecule has 0 atom stereocenters. The summed E-state index contributed by atoms with van der Waals surface area (Å²) in [7, 11) is 1.79. The van der Waals surface area contributed by atoms with Gasteiger partial charge in [0.15, 0.2) is 0 Å². The number of halogens is 1. The summed E-state index contributed by atoms with van der Waals surface area (Å²) in [5.74, 6) is 0.00190. The summed E-state index contributed by atoms with van der Waals surface area (Å²) >= 11 is 0. The Labute approximate surface area is 90.0 Å². The maximum absolute atomic E-state index is 13.4. The van der Waals surface area contributed by atoms with Gasteiger partial charge in [0.1, 0.15) is 5.82 Å². The van der Waals surface area contributed by atoms with E-state index in [1.54, 1.807) is 13.1 Å². The first-order valence-electron chi connectivity index (χ1n) is 4.99. The van der Waals surface area contributed by atoms with Crippen LogP contribution in [0.4, 0.5) is 4.39 Å². The molecular formula is C12H17FN2. The van der Waals surface area contributed by atoms with Gasteiger partial charge in [0.05, 0.1) is 5.70 Å². The SMILES string of the molecule is CN/C(=C\N)c1ccc(F)c(C(C)C)c1. The van der Waals surface area contributed by atoms with E-state index in [4.69, 9.17) is 5.73 Å². The zero-order valence-corrected chi connectivity index (χ0v) is 9.34. The number of hydrogen-bond acceptors (Lipinski definition) is 2. The van der Waals surface area contributed by atoms with Crippen molar-refractivity contribution in [3.8, 4) is 0 Å². The van der Waals surface area contributed by atoms with Gasteiger partial charge in [-0.15, -0.1) is 0 Å². The van der Waals surface area contributed by atoms with Crippen LogP contribution in [0.25, 0.3) is 5.70 Å². The van der Waals surface area contributed by atoms with E-state index in [0.717, 1.165) is 11.3 Å². The number of benzene rings is 1. The van der Waals surface area contributed by atoms with E-state index in [0.29, 0.717) is 5.56 Å². The van der Waals surface area contributed by atoms with Gasteiger partial charge in [0, 0.05) is 13.2 Å². The molecule has 0 aliphatic heterocycles. The summed E-state index contributed by atoms with van der Waals surface area (Å²) in [5, 5.41) is 2.97. The van der Waals surface area contributed by atoms with Crippen LogP contribution < -0.4 is 11.1 Å². The molecular weight excluding hydrogens is 191 g/mol. The molecule has 0 fully saturated rings. The number of nitrogens with one attached hydrogen (secondary N) is 1. The minimum Gasteiger partial charge on any atom is -0.403 e. The first-order valence-corrected chi connectivity index (χ1v) is 4.99. The Morgan fingerprint density at radius 2 is 2.13 bits per heavy atom. The Bertz CT molecular complexity index is 370. The Hall–Kier alpha value is -1.51. The van der Waals surface area contributed by atoms with E-state index in [9.17, 15) is 4.39 Å². The van der Waals surface area contributed by atoms with Crippen LogP contribution in [-0.4, -0.2) is 7.05 Å². The third kappa shape index (κ3) is 2.49. The standard InChI is InChI=1S/C12H17FN2/c1-8(2)10-6-9(4-5-11(10)13)12(7-14)15-3/h4-8,15H,14H2,1-3H3/b12-7-. The monoisotopic (exact) mass is 208 g/mol. The third-order valence-corrected chi connectivity index (χ3v) is 2.37. The zero-order chi connectivity index (χ0) is 11.4. The lowest BCUT2D eigenvalue weighted by Crippen LogP contribution is -2.07. The summed E-state index contributed by atoms with van der Waals surface area (Å²) in [5.41, 5.74) is 7.88. The number of hydrogen-bond donors (Lipinski definition) is 2. The van der Waals surface area contributed by atoms with Crippen LogP contribution >= 0.6 is 0 Å². The van der Waals surface area contributed by atoms with Crippen molar-refractivity contribution in [3.05, 3.63) is 41.3 Å². The summed E-state index contributed by atoms with van der Waals surface area (Å²) in [6.07, 6.45) is 1.48. The van der Waals surface area contributed by atoms with Crippen molar-refractivity contribution in [2.75, 3.05) is 7.05 Å². The predicted molar refractivity (Wildman–Crippen MR) is 61.7 cm³/mol. The average Bonchev–Trinajstić information content (AvgIpc) is 2.21. The Morgan fingerprint density at radius 1 is 1.47 bits per heavy atom. The van der Waals surface area contributed by atoms with Crippen LogP contribution in [0.2, 0.25) is 0 Å². The molecule has 0 spiro atoms. The van der Waals surface area contributed by atoms with Gasteiger partial charge >= 0.3 is 0 Å². The molecule has 15 heavy (non-hydrogen) atoms. The van der Waals surface area contributed by atoms with Crippen molar-refractivity contribution in [3.63, 3.8) is 0 Å². The third-order valence-electron chi connectivity index (χ3n) is 2.37. The van der Waals surface area contributed by atoms with E-state index in [2.05, 4.69) is 5.32 Å². The molecule has 1 aromatic rings. The lowest BCUT2D eigenvalue weighted by atomic mass is 9.99. The molecule has 2 nitrogen and oxygen atoms in total. The van der Waals surface area contributed by atoms with Crippen molar-refractivity contribution < 1.29 is 4.39 Å². The van der Waals surface area contributed by atoms with Crippen molar-refractivity contribution in [2.45, 2.75) is 19.8 Å². The van der Waals surface area contributed by atoms with Crippen LogP contribution in [0.5, 0.6) is 0 Å². The van der Waals surface area contributed by atoms with Gasteiger partial charge in [0.2, 0.25) is 0 Å². The summed E-state index contributed by atoms with van der Waals surface area (Å²) in [4.78, 5) is 0. The minimum atomic E-state index is -0.166. The molecule has 3 N–H and O–H groups in total. The molecule has 0 bridgehead atoms. The molecule has 0 aliphatic carbocycles. The molecule has 0 unspecified atom stereocenters. The van der Waals surface area contributed by atoms with E-state index in [-0.39, 0.29) is 11.7 Å². The zero-order valence-electron chi connectivity index (χ0n) is 9.34. The van der Waals surface area contributed by atoms with Crippen LogP contribution in [0.3, 0.4) is 0 Å². The molecule has 3 heteroatoms. The van der Waals surface area contributed by atoms with E-state index in [1.165, 1.54) is 12.3 Å². The second-order valence-corrected chi connectivity index (χ2v) is 3.72. The molecule has 82 valence electrons. The van der Waals surface area contributed by atoms with Crippen LogP contribution in [0.1, 0.15) is 30.9 Å². The lowest BCUT2D eigenvalue weighted by Gasteiger charge is -2.11. The van der Waals surface area contributed by atoms with E-state index < -0.39 is 0 Å². The van der Waals surface area contributed by atoms with E-state index in [1.807, 2.05) is 19.9 Å². The fraction of sp³-hybridized carbons (Fsp3) is 0.333. The maximum Gasteiger partial charge on any atom is 0.126 e. The fourth-order valence-electron chi connectivity index (χ4n) is 1.48. The molecule has 0 heterocycles. The highest BCUT2D eigenvalue weighted by atomic mass is 19.1. The molecule has 0 saturated heterocycles. The van der Waals surface area contributed by atoms with Gasteiger partial charge in [-0.1, -0.05) is 13.8 Å². The Balaban J connectivity index is 3.18. The largest absolute Gasteiger partial charge is 0.403 e. The lowest BCUT2D eigenvalue weighted by molar-refractivity contribution is 0.598. The molecule has 0 aliphatic rings. The van der Waals surface area contributed by atoms with Crippen LogP contribution in [-0.2, 0) is 0 Å². The number of rotatable bonds is 3. The Kier molecular flexibility index (Phi) is 3.72. The van der Waals surface area contributed by atoms with Crippen molar-refractivity contribution in [2.24, 2.45) is 5.73 Å². The summed E-state index contributed by atoms with van der Waals surface area (Å²) in [6, 6.07) is 5.02. The van der Waals surface area contributed by atoms with E-state index >= 15 is 0 Å². The smallest absolute Gasteiger partial charge is 0.126 e. The molecule has 0 radical (unpaired) electrons. The van der Waals surface area contributed by atoms with Gasteiger partial charge in [-0.25, -0.2) is 4.39 Å². The van der Waals surface area contributed by atoms with Gasteiger partial charge in [0.25, 0.3) is 0 Å². The van der Waals surface area contributed by atoms with Crippen LogP contribution in [0, 0.1) is 5.82 Å². The highest BCUT2D eigenvalue weighted by Gasteiger charge is 2.08. The first-order chi connectivity index (χ1) is 7.10. The van der Waals surface area contributed by atoms with Gasteiger partial charge < -0.3 is 11.1 Å². The van der Waals surface area contributed by atoms with Gasteiger partial charge in [-0.3, -0.25) is 0 Å². The molecule has 1 rings (SSSR count). The summed E-state index contributed by atoms with van der Waals surface area (Å²) < 4.78 is 13.4. The molecule has 0 saturated carbocycles. The molecule has 0 aromatic heterocycles. The number of nitrogens with two attached hydrogens (primary N) is 1. The molecule has 0 amide bonds. The van der Waals surface area contributed by atoms with Gasteiger partial charge in [-0.2, -0.15) is 0 Å². The topological polar surface area (TPSA) is 38.0 Å². The summed E-state index contributed by atoms with van der Waals surface area (Å²) in [6.45, 7) is 3.93. The minimum absolute atomic E-state index is 0.166. The quantitative estimate of drug-likeness (QED) is 0.800.